The van der Waals surface area contributed by atoms with E-state index in [-0.39, 0.29) is 0 Å². The molecule has 122 valence electrons. The second-order valence-corrected chi connectivity index (χ2v) is 7.64. The van der Waals surface area contributed by atoms with Gasteiger partial charge in [-0.2, -0.15) is 0 Å². The predicted octanol–water partition coefficient (Wildman–Crippen LogP) is 4.40. The van der Waals surface area contributed by atoms with Gasteiger partial charge < -0.3 is 10.2 Å². The molecule has 0 aliphatic heterocycles. The van der Waals surface area contributed by atoms with Crippen molar-refractivity contribution in [3.8, 4) is 0 Å². The van der Waals surface area contributed by atoms with Crippen LogP contribution in [0.15, 0.2) is 0 Å². The molecule has 0 spiro atoms. The largest absolute Gasteiger partial charge is 0.316 e. The van der Waals surface area contributed by atoms with Crippen LogP contribution in [0.4, 0.5) is 0 Å². The monoisotopic (exact) mass is 284 g/mol. The van der Waals surface area contributed by atoms with Crippen LogP contribution in [0.2, 0.25) is 0 Å². The molecule has 0 bridgehead atoms. The minimum absolute atomic E-state index is 0.701. The van der Waals surface area contributed by atoms with E-state index in [0.29, 0.717) is 6.04 Å². The van der Waals surface area contributed by atoms with Crippen LogP contribution in [-0.4, -0.2) is 37.1 Å². The normalized spacial score (nSPS) is 13.9. The lowest BCUT2D eigenvalue weighted by molar-refractivity contribution is 0.179. The Morgan fingerprint density at radius 2 is 1.20 bits per heavy atom. The molecule has 0 aliphatic carbocycles. The van der Waals surface area contributed by atoms with Gasteiger partial charge in [0.15, 0.2) is 0 Å². The third kappa shape index (κ3) is 11.7. The molecule has 0 aromatic carbocycles. The molecule has 20 heavy (non-hydrogen) atoms. The highest BCUT2D eigenvalue weighted by Crippen LogP contribution is 2.11. The quantitative estimate of drug-likeness (QED) is 0.534. The zero-order valence-electron chi connectivity index (χ0n) is 15.2. The van der Waals surface area contributed by atoms with Gasteiger partial charge in [0.05, 0.1) is 0 Å². The van der Waals surface area contributed by atoms with E-state index >= 15 is 0 Å². The summed E-state index contributed by atoms with van der Waals surface area (Å²) in [5, 5.41) is 3.57. The van der Waals surface area contributed by atoms with E-state index in [2.05, 4.69) is 58.7 Å². The standard InChI is InChI=1S/C18H40N2/c1-15(2)9-12-20(13-10-16(3)4)18(7)8-11-19-14-17(5)6/h15-19H,8-14H2,1-7H3. The molecule has 0 rings (SSSR count). The fourth-order valence-corrected chi connectivity index (χ4v) is 2.28. The SMILES string of the molecule is CC(C)CCN(CCC(C)C)C(C)CCNCC(C)C. The fraction of sp³-hybridized carbons (Fsp3) is 1.00. The van der Waals surface area contributed by atoms with Gasteiger partial charge in [0.1, 0.15) is 0 Å². The summed E-state index contributed by atoms with van der Waals surface area (Å²) in [5.74, 6) is 2.37. The van der Waals surface area contributed by atoms with E-state index in [1.54, 1.807) is 0 Å². The fourth-order valence-electron chi connectivity index (χ4n) is 2.28. The highest BCUT2D eigenvalue weighted by Gasteiger charge is 2.14. The summed E-state index contributed by atoms with van der Waals surface area (Å²) in [6.45, 7) is 21.1. The Morgan fingerprint density at radius 1 is 0.700 bits per heavy atom. The first-order valence-electron chi connectivity index (χ1n) is 8.77. The van der Waals surface area contributed by atoms with E-state index in [1.165, 1.54) is 32.4 Å². The Labute approximate surface area is 128 Å². The third-order valence-electron chi connectivity index (χ3n) is 3.90. The van der Waals surface area contributed by atoms with Crippen molar-refractivity contribution < 1.29 is 0 Å². The Kier molecular flexibility index (Phi) is 11.5. The van der Waals surface area contributed by atoms with Crippen molar-refractivity contribution in [2.45, 2.75) is 73.8 Å². The van der Waals surface area contributed by atoms with Crippen LogP contribution in [-0.2, 0) is 0 Å². The molecular weight excluding hydrogens is 244 g/mol. The van der Waals surface area contributed by atoms with Gasteiger partial charge in [-0.25, -0.2) is 0 Å². The molecule has 0 aromatic rings. The zero-order valence-corrected chi connectivity index (χ0v) is 15.2. The minimum Gasteiger partial charge on any atom is -0.316 e. The van der Waals surface area contributed by atoms with Gasteiger partial charge in [-0.05, 0) is 70.1 Å². The average Bonchev–Trinajstić information content (AvgIpc) is 2.33. The maximum atomic E-state index is 3.57. The van der Waals surface area contributed by atoms with Crippen molar-refractivity contribution in [2.75, 3.05) is 26.2 Å². The number of hydrogen-bond acceptors (Lipinski definition) is 2. The Morgan fingerprint density at radius 3 is 1.60 bits per heavy atom. The smallest absolute Gasteiger partial charge is 0.00790 e. The molecule has 0 amide bonds. The summed E-state index contributed by atoms with van der Waals surface area (Å²) >= 11 is 0. The third-order valence-corrected chi connectivity index (χ3v) is 3.90. The molecule has 1 N–H and O–H groups in total. The topological polar surface area (TPSA) is 15.3 Å². The van der Waals surface area contributed by atoms with Gasteiger partial charge in [0.2, 0.25) is 0 Å². The molecule has 0 saturated carbocycles. The Balaban J connectivity index is 4.06. The molecule has 0 saturated heterocycles. The second kappa shape index (κ2) is 11.6. The van der Waals surface area contributed by atoms with Crippen molar-refractivity contribution in [3.63, 3.8) is 0 Å². The Hall–Kier alpha value is -0.0800. The maximum absolute atomic E-state index is 3.57. The lowest BCUT2D eigenvalue weighted by Crippen LogP contribution is -2.38. The van der Waals surface area contributed by atoms with Crippen molar-refractivity contribution >= 4 is 0 Å². The minimum atomic E-state index is 0.701. The average molecular weight is 285 g/mol. The number of rotatable bonds is 12. The van der Waals surface area contributed by atoms with E-state index in [4.69, 9.17) is 0 Å². The molecule has 0 heterocycles. The summed E-state index contributed by atoms with van der Waals surface area (Å²) in [7, 11) is 0. The number of nitrogens with zero attached hydrogens (tertiary/aromatic N) is 1. The van der Waals surface area contributed by atoms with Crippen LogP contribution < -0.4 is 5.32 Å². The summed E-state index contributed by atoms with van der Waals surface area (Å²) in [6, 6.07) is 0.701. The molecule has 0 radical (unpaired) electrons. The van der Waals surface area contributed by atoms with Crippen molar-refractivity contribution in [1.82, 2.24) is 10.2 Å². The second-order valence-electron chi connectivity index (χ2n) is 7.64. The van der Waals surface area contributed by atoms with Gasteiger partial charge in [0.25, 0.3) is 0 Å². The van der Waals surface area contributed by atoms with Crippen LogP contribution >= 0.6 is 0 Å². The first kappa shape index (κ1) is 19.9. The van der Waals surface area contributed by atoms with Gasteiger partial charge in [0, 0.05) is 6.04 Å². The summed E-state index contributed by atoms with van der Waals surface area (Å²) in [5.41, 5.74) is 0. The summed E-state index contributed by atoms with van der Waals surface area (Å²) in [6.07, 6.45) is 3.91. The van der Waals surface area contributed by atoms with Gasteiger partial charge in [-0.1, -0.05) is 41.5 Å². The van der Waals surface area contributed by atoms with Crippen LogP contribution in [0.3, 0.4) is 0 Å². The van der Waals surface area contributed by atoms with E-state index < -0.39 is 0 Å². The number of nitrogens with one attached hydrogen (secondary N) is 1. The lowest BCUT2D eigenvalue weighted by atomic mass is 10.1. The molecule has 0 aromatic heterocycles. The molecule has 2 heteroatoms. The van der Waals surface area contributed by atoms with Crippen LogP contribution in [0.5, 0.6) is 0 Å². The molecule has 1 unspecified atom stereocenters. The maximum Gasteiger partial charge on any atom is 0.00790 e. The summed E-state index contributed by atoms with van der Waals surface area (Å²) in [4.78, 5) is 2.71. The lowest BCUT2D eigenvalue weighted by Gasteiger charge is -2.30. The van der Waals surface area contributed by atoms with E-state index in [1.807, 2.05) is 0 Å². The molecular formula is C18H40N2. The van der Waals surface area contributed by atoms with E-state index in [0.717, 1.165) is 30.8 Å². The van der Waals surface area contributed by atoms with Crippen molar-refractivity contribution in [1.29, 1.82) is 0 Å². The van der Waals surface area contributed by atoms with Gasteiger partial charge >= 0.3 is 0 Å². The summed E-state index contributed by atoms with van der Waals surface area (Å²) < 4.78 is 0. The Bertz CT molecular complexity index is 199. The zero-order chi connectivity index (χ0) is 15.5. The highest BCUT2D eigenvalue weighted by atomic mass is 15.1. The first-order chi connectivity index (χ1) is 9.32. The van der Waals surface area contributed by atoms with Crippen molar-refractivity contribution in [2.24, 2.45) is 17.8 Å². The van der Waals surface area contributed by atoms with Gasteiger partial charge in [-0.3, -0.25) is 0 Å². The molecule has 2 nitrogen and oxygen atoms in total. The predicted molar refractivity (Wildman–Crippen MR) is 92.3 cm³/mol. The molecule has 0 aliphatic rings. The molecule has 1 atom stereocenters. The van der Waals surface area contributed by atoms with Crippen LogP contribution in [0.25, 0.3) is 0 Å². The van der Waals surface area contributed by atoms with Crippen LogP contribution in [0, 0.1) is 17.8 Å². The first-order valence-corrected chi connectivity index (χ1v) is 8.77. The van der Waals surface area contributed by atoms with Crippen molar-refractivity contribution in [3.05, 3.63) is 0 Å². The molecule has 0 fully saturated rings. The highest BCUT2D eigenvalue weighted by molar-refractivity contribution is 4.70. The van der Waals surface area contributed by atoms with Crippen LogP contribution in [0.1, 0.15) is 67.7 Å². The number of hydrogen-bond donors (Lipinski definition) is 1. The van der Waals surface area contributed by atoms with Gasteiger partial charge in [-0.15, -0.1) is 0 Å². The van der Waals surface area contributed by atoms with E-state index in [9.17, 15) is 0 Å².